The zero-order chi connectivity index (χ0) is 40.1. The first-order chi connectivity index (χ1) is 27.5. The molecule has 0 radical (unpaired) electrons. The lowest BCUT2D eigenvalue weighted by Crippen LogP contribution is -2.42. The average Bonchev–Trinajstić information content (AvgIpc) is 4.05. The van der Waals surface area contributed by atoms with Crippen molar-refractivity contribution in [1.82, 2.24) is 20.2 Å². The second-order valence-electron chi connectivity index (χ2n) is 16.3. The summed E-state index contributed by atoms with van der Waals surface area (Å²) >= 11 is 3.20. The van der Waals surface area contributed by atoms with Gasteiger partial charge in [0.15, 0.2) is 0 Å². The quantitative estimate of drug-likeness (QED) is 0.0762. The second-order valence-corrected chi connectivity index (χ2v) is 18.2. The molecule has 0 saturated heterocycles. The molecule has 8 rings (SSSR count). The Labute approximate surface area is 368 Å². The molecule has 14 heteroatoms. The highest BCUT2D eigenvalue weighted by molar-refractivity contribution is 7.12. The number of halogens is 2. The van der Waals surface area contributed by atoms with E-state index in [1.54, 1.807) is 27.6 Å². The summed E-state index contributed by atoms with van der Waals surface area (Å²) in [6.45, 7) is 5.71. The van der Waals surface area contributed by atoms with Crippen molar-refractivity contribution in [3.05, 3.63) is 105 Å². The van der Waals surface area contributed by atoms with E-state index in [1.165, 1.54) is 47.6 Å². The highest BCUT2D eigenvalue weighted by atomic mass is 35.5. The molecule has 316 valence electrons. The van der Waals surface area contributed by atoms with Crippen molar-refractivity contribution in [3.63, 3.8) is 0 Å². The van der Waals surface area contributed by atoms with Gasteiger partial charge in [0.05, 0.1) is 21.1 Å². The van der Waals surface area contributed by atoms with Crippen molar-refractivity contribution in [2.24, 2.45) is 21.5 Å². The SMILES string of the molecule is CN(C(=O)OC(C)(C)C)C1CCC(c2c[nH]c3cc(N=C(N)c4cccs4)ccc23)CC1.CNC1CCC(c2c[nH]c3cc(N=C(N)c4cccs4)ccc23)CC1.Cl.Cl. The van der Waals surface area contributed by atoms with Crippen LogP contribution in [0.3, 0.4) is 0 Å². The fourth-order valence-electron chi connectivity index (χ4n) is 8.28. The largest absolute Gasteiger partial charge is 0.444 e. The molecule has 7 N–H and O–H groups in total. The minimum atomic E-state index is -0.468. The molecule has 2 aromatic carbocycles. The lowest BCUT2D eigenvalue weighted by atomic mass is 9.81. The first-order valence-electron chi connectivity index (χ1n) is 20.1. The van der Waals surface area contributed by atoms with Gasteiger partial charge in [-0.05, 0) is 149 Å². The van der Waals surface area contributed by atoms with E-state index in [-0.39, 0.29) is 36.9 Å². The topological polar surface area (TPSA) is 150 Å². The summed E-state index contributed by atoms with van der Waals surface area (Å²) in [6, 6.07) is 21.4. The number of amides is 1. The van der Waals surface area contributed by atoms with Gasteiger partial charge < -0.3 is 36.4 Å². The number of thiophene rings is 2. The van der Waals surface area contributed by atoms with Crippen molar-refractivity contribution in [1.29, 1.82) is 0 Å². The van der Waals surface area contributed by atoms with Gasteiger partial charge in [-0.2, -0.15) is 0 Å². The molecule has 2 saturated carbocycles. The number of rotatable bonds is 8. The van der Waals surface area contributed by atoms with Crippen molar-refractivity contribution >= 4 is 98.4 Å². The van der Waals surface area contributed by atoms with Crippen LogP contribution in [0.2, 0.25) is 0 Å². The summed E-state index contributed by atoms with van der Waals surface area (Å²) in [6.07, 6.45) is 13.2. The lowest BCUT2D eigenvalue weighted by molar-refractivity contribution is 0.0183. The molecular formula is C45H58Cl2N8O2S2. The standard InChI is InChI=1S/C25H32N4O2S.C20H24N4S.2ClH/c1-25(2,3)31-24(30)29(4)18-10-7-16(8-11-18)20-15-27-21-14-17(9-12-19(20)21)28-23(26)22-6-5-13-32-22;1-22-14-6-4-13(5-7-14)17-12-23-18-11-15(8-9-16(17)18)24-20(21)19-3-2-10-25-19;;/h5-6,9,12-16,18,27H,7-8,10-11H2,1-4H3,(H2,26,28);2-3,8-14,22-23H,4-7H2,1H3,(H2,21,24);2*1H. The van der Waals surface area contributed by atoms with E-state index in [0.717, 1.165) is 57.8 Å². The van der Waals surface area contributed by atoms with E-state index in [1.807, 2.05) is 68.9 Å². The van der Waals surface area contributed by atoms with Crippen LogP contribution in [0, 0.1) is 0 Å². The summed E-state index contributed by atoms with van der Waals surface area (Å²) < 4.78 is 5.53. The van der Waals surface area contributed by atoms with Crippen LogP contribution in [-0.4, -0.2) is 64.4 Å². The number of ether oxygens (including phenoxy) is 1. The summed E-state index contributed by atoms with van der Waals surface area (Å²) in [7, 11) is 3.93. The van der Waals surface area contributed by atoms with Crippen LogP contribution < -0.4 is 16.8 Å². The van der Waals surface area contributed by atoms with Gasteiger partial charge in [-0.1, -0.05) is 24.3 Å². The molecule has 0 atom stereocenters. The number of nitrogens with zero attached hydrogens (tertiary/aromatic N) is 3. The zero-order valence-electron chi connectivity index (χ0n) is 34.5. The van der Waals surface area contributed by atoms with E-state index >= 15 is 0 Å². The highest BCUT2D eigenvalue weighted by Crippen LogP contribution is 2.40. The van der Waals surface area contributed by atoms with Gasteiger partial charge in [0, 0.05) is 53.3 Å². The van der Waals surface area contributed by atoms with Crippen LogP contribution in [0.15, 0.2) is 93.8 Å². The van der Waals surface area contributed by atoms with E-state index < -0.39 is 5.60 Å². The zero-order valence-corrected chi connectivity index (χ0v) is 37.8. The number of hydrogen-bond donors (Lipinski definition) is 5. The number of nitrogens with one attached hydrogen (secondary N) is 3. The molecule has 2 aliphatic carbocycles. The maximum absolute atomic E-state index is 12.4. The monoisotopic (exact) mass is 876 g/mol. The maximum atomic E-state index is 12.4. The van der Waals surface area contributed by atoms with Gasteiger partial charge in [-0.25, -0.2) is 14.8 Å². The fourth-order valence-corrected chi connectivity index (χ4v) is 9.53. The molecule has 4 aromatic heterocycles. The Bertz CT molecular complexity index is 2310. The summed E-state index contributed by atoms with van der Waals surface area (Å²) in [5, 5.41) is 9.98. The molecule has 2 fully saturated rings. The van der Waals surface area contributed by atoms with E-state index in [0.29, 0.717) is 29.5 Å². The molecule has 0 unspecified atom stereocenters. The van der Waals surface area contributed by atoms with Crippen LogP contribution in [0.1, 0.15) is 105 Å². The molecule has 10 nitrogen and oxygen atoms in total. The Morgan fingerprint density at radius 2 is 1.20 bits per heavy atom. The second kappa shape index (κ2) is 20.3. The number of fused-ring (bicyclic) bond motifs is 2. The molecule has 59 heavy (non-hydrogen) atoms. The minimum Gasteiger partial charge on any atom is -0.444 e. The molecule has 4 heterocycles. The third-order valence-corrected chi connectivity index (χ3v) is 13.2. The molecule has 0 aliphatic heterocycles. The number of H-pyrrole nitrogens is 2. The van der Waals surface area contributed by atoms with Crippen LogP contribution in [0.5, 0.6) is 0 Å². The summed E-state index contributed by atoms with van der Waals surface area (Å²) in [5.41, 5.74) is 18.5. The van der Waals surface area contributed by atoms with Gasteiger partial charge in [-0.15, -0.1) is 47.5 Å². The van der Waals surface area contributed by atoms with E-state index in [2.05, 4.69) is 75.0 Å². The number of hydrogen-bond acceptors (Lipinski definition) is 7. The Hall–Kier alpha value is -4.33. The Morgan fingerprint density at radius 1 is 0.746 bits per heavy atom. The number of nitrogens with two attached hydrogens (primary N) is 2. The number of carbonyl (C=O) groups excluding carboxylic acids is 1. The Morgan fingerprint density at radius 3 is 1.61 bits per heavy atom. The lowest BCUT2D eigenvalue weighted by Gasteiger charge is -2.35. The van der Waals surface area contributed by atoms with Crippen molar-refractivity contribution < 1.29 is 9.53 Å². The number of amidine groups is 2. The maximum Gasteiger partial charge on any atom is 0.410 e. The van der Waals surface area contributed by atoms with Crippen LogP contribution in [0.4, 0.5) is 16.2 Å². The summed E-state index contributed by atoms with van der Waals surface area (Å²) in [5.74, 6) is 2.26. The molecular weight excluding hydrogens is 820 g/mol. The Kier molecular flexibility index (Phi) is 15.7. The van der Waals surface area contributed by atoms with Gasteiger partial charge in [0.2, 0.25) is 0 Å². The normalized spacial score (nSPS) is 19.9. The van der Waals surface area contributed by atoms with Crippen molar-refractivity contribution in [2.75, 3.05) is 14.1 Å². The van der Waals surface area contributed by atoms with E-state index in [9.17, 15) is 4.79 Å². The minimum absolute atomic E-state index is 0. The third kappa shape index (κ3) is 11.3. The van der Waals surface area contributed by atoms with Crippen molar-refractivity contribution in [3.8, 4) is 0 Å². The number of aromatic nitrogens is 2. The molecule has 6 aromatic rings. The average molecular weight is 878 g/mol. The fraction of sp³-hybridized carbons (Fsp3) is 0.400. The number of benzene rings is 2. The third-order valence-electron chi connectivity index (χ3n) is 11.4. The first kappa shape index (κ1) is 45.7. The Balaban J connectivity index is 0.000000223. The summed E-state index contributed by atoms with van der Waals surface area (Å²) in [4.78, 5) is 32.2. The molecule has 2 aliphatic rings. The molecule has 0 spiro atoms. The van der Waals surface area contributed by atoms with E-state index in [4.69, 9.17) is 16.2 Å². The van der Waals surface area contributed by atoms with Gasteiger partial charge in [-0.3, -0.25) is 0 Å². The van der Waals surface area contributed by atoms with Gasteiger partial charge >= 0.3 is 6.09 Å². The number of aromatic amines is 2. The van der Waals surface area contributed by atoms with Gasteiger partial charge in [0.1, 0.15) is 17.3 Å². The number of aliphatic imine (C=N–C) groups is 2. The molecule has 1 amide bonds. The highest BCUT2D eigenvalue weighted by Gasteiger charge is 2.31. The van der Waals surface area contributed by atoms with Crippen LogP contribution in [-0.2, 0) is 4.74 Å². The van der Waals surface area contributed by atoms with Crippen LogP contribution in [0.25, 0.3) is 21.8 Å². The van der Waals surface area contributed by atoms with Gasteiger partial charge in [0.25, 0.3) is 0 Å². The molecule has 0 bridgehead atoms. The number of carbonyl (C=O) groups is 1. The first-order valence-corrected chi connectivity index (χ1v) is 21.8. The smallest absolute Gasteiger partial charge is 0.410 e. The predicted molar refractivity (Wildman–Crippen MR) is 254 cm³/mol. The predicted octanol–water partition coefficient (Wildman–Crippen LogP) is 11.5. The van der Waals surface area contributed by atoms with Crippen LogP contribution >= 0.6 is 47.5 Å². The van der Waals surface area contributed by atoms with Crippen molar-refractivity contribution in [2.45, 2.75) is 102 Å².